The zero-order valence-electron chi connectivity index (χ0n) is 10.2. The molecule has 1 atom stereocenters. The van der Waals surface area contributed by atoms with Gasteiger partial charge < -0.3 is 14.8 Å². The summed E-state index contributed by atoms with van der Waals surface area (Å²) in [5.74, 6) is 0.225. The fraction of sp³-hybridized carbons (Fsp3) is 0.500. The van der Waals surface area contributed by atoms with Crippen molar-refractivity contribution in [3.63, 3.8) is 0 Å². The van der Waals surface area contributed by atoms with Gasteiger partial charge in [0, 0.05) is 18.7 Å². The van der Waals surface area contributed by atoms with Gasteiger partial charge in [-0.05, 0) is 12.1 Å². The Morgan fingerprint density at radius 3 is 2.68 bits per heavy atom. The van der Waals surface area contributed by atoms with E-state index >= 15 is 0 Å². The standard InChI is InChI=1S/C12H13ClF3NO2/c1-18-11-8(10-6-17-2-3-19-10)4-7(5-9(11)13)12(14,15)16/h4-5,10,17H,2-3,6H2,1H3. The molecule has 19 heavy (non-hydrogen) atoms. The van der Waals surface area contributed by atoms with Crippen molar-refractivity contribution < 1.29 is 22.6 Å². The zero-order valence-corrected chi connectivity index (χ0v) is 10.9. The SMILES string of the molecule is COc1c(Cl)cc(C(F)(F)F)cc1C1CNCCO1. The lowest BCUT2D eigenvalue weighted by molar-refractivity contribution is -0.137. The van der Waals surface area contributed by atoms with Gasteiger partial charge in [-0.1, -0.05) is 11.6 Å². The van der Waals surface area contributed by atoms with E-state index in [1.807, 2.05) is 0 Å². The van der Waals surface area contributed by atoms with Crippen LogP contribution in [0.25, 0.3) is 0 Å². The highest BCUT2D eigenvalue weighted by Crippen LogP contribution is 2.40. The second-order valence-electron chi connectivity index (χ2n) is 4.14. The van der Waals surface area contributed by atoms with Crippen LogP contribution < -0.4 is 10.1 Å². The minimum absolute atomic E-state index is 0.0681. The fourth-order valence-corrected chi connectivity index (χ4v) is 2.30. The second-order valence-corrected chi connectivity index (χ2v) is 4.55. The highest BCUT2D eigenvalue weighted by Gasteiger charge is 2.34. The molecule has 2 rings (SSSR count). The molecule has 1 aliphatic rings. The molecule has 1 N–H and O–H groups in total. The number of benzene rings is 1. The van der Waals surface area contributed by atoms with Gasteiger partial charge in [-0.3, -0.25) is 0 Å². The zero-order chi connectivity index (χ0) is 14.0. The third-order valence-corrected chi connectivity index (χ3v) is 3.16. The molecular weight excluding hydrogens is 283 g/mol. The van der Waals surface area contributed by atoms with E-state index in [0.29, 0.717) is 25.3 Å². The third kappa shape index (κ3) is 3.13. The van der Waals surface area contributed by atoms with E-state index in [0.717, 1.165) is 12.1 Å². The first kappa shape index (κ1) is 14.4. The molecule has 3 nitrogen and oxygen atoms in total. The maximum Gasteiger partial charge on any atom is 0.416 e. The lowest BCUT2D eigenvalue weighted by Crippen LogP contribution is -2.33. The Balaban J connectivity index is 2.46. The first-order chi connectivity index (χ1) is 8.93. The Morgan fingerprint density at radius 1 is 1.42 bits per heavy atom. The largest absolute Gasteiger partial charge is 0.495 e. The molecule has 1 fully saturated rings. The minimum atomic E-state index is -4.45. The number of hydrogen-bond donors (Lipinski definition) is 1. The summed E-state index contributed by atoms with van der Waals surface area (Å²) in [6.45, 7) is 1.53. The first-order valence-corrected chi connectivity index (χ1v) is 6.08. The molecule has 0 spiro atoms. The number of nitrogens with one attached hydrogen (secondary N) is 1. The van der Waals surface area contributed by atoms with Crippen LogP contribution in [0.5, 0.6) is 5.75 Å². The highest BCUT2D eigenvalue weighted by molar-refractivity contribution is 6.32. The molecule has 1 heterocycles. The van der Waals surface area contributed by atoms with Crippen LogP contribution in [0.1, 0.15) is 17.2 Å². The number of rotatable bonds is 2. The van der Waals surface area contributed by atoms with Crippen molar-refractivity contribution in [2.24, 2.45) is 0 Å². The van der Waals surface area contributed by atoms with E-state index < -0.39 is 17.8 Å². The van der Waals surface area contributed by atoms with Crippen molar-refractivity contribution in [1.82, 2.24) is 5.32 Å². The maximum atomic E-state index is 12.8. The van der Waals surface area contributed by atoms with Crippen LogP contribution in [-0.4, -0.2) is 26.8 Å². The van der Waals surface area contributed by atoms with Gasteiger partial charge in [0.1, 0.15) is 5.75 Å². The van der Waals surface area contributed by atoms with Crippen LogP contribution in [-0.2, 0) is 10.9 Å². The highest BCUT2D eigenvalue weighted by atomic mass is 35.5. The van der Waals surface area contributed by atoms with Crippen molar-refractivity contribution in [3.05, 3.63) is 28.3 Å². The molecule has 0 amide bonds. The van der Waals surface area contributed by atoms with Gasteiger partial charge in [-0.25, -0.2) is 0 Å². The molecule has 0 aliphatic carbocycles. The van der Waals surface area contributed by atoms with Gasteiger partial charge in [0.25, 0.3) is 0 Å². The normalized spacial score (nSPS) is 20.4. The lowest BCUT2D eigenvalue weighted by atomic mass is 10.0. The van der Waals surface area contributed by atoms with Crippen LogP contribution in [0, 0.1) is 0 Å². The molecule has 0 saturated carbocycles. The monoisotopic (exact) mass is 295 g/mol. The van der Waals surface area contributed by atoms with Gasteiger partial charge >= 0.3 is 6.18 Å². The molecule has 0 radical (unpaired) electrons. The van der Waals surface area contributed by atoms with Crippen molar-refractivity contribution in [2.45, 2.75) is 12.3 Å². The van der Waals surface area contributed by atoms with Crippen molar-refractivity contribution >= 4 is 11.6 Å². The smallest absolute Gasteiger partial charge is 0.416 e. The number of halogens is 4. The summed E-state index contributed by atoms with van der Waals surface area (Å²) in [6, 6.07) is 1.89. The maximum absolute atomic E-state index is 12.8. The molecule has 7 heteroatoms. The van der Waals surface area contributed by atoms with E-state index in [-0.39, 0.29) is 10.8 Å². The number of alkyl halides is 3. The summed E-state index contributed by atoms with van der Waals surface area (Å²) in [7, 11) is 1.37. The van der Waals surface area contributed by atoms with E-state index in [1.54, 1.807) is 0 Å². The van der Waals surface area contributed by atoms with Crippen LogP contribution in [0.15, 0.2) is 12.1 Å². The Hall–Kier alpha value is -0.980. The topological polar surface area (TPSA) is 30.5 Å². The lowest BCUT2D eigenvalue weighted by Gasteiger charge is -2.26. The molecule has 1 aliphatic heterocycles. The predicted molar refractivity (Wildman–Crippen MR) is 64.6 cm³/mol. The Bertz CT molecular complexity index is 459. The van der Waals surface area contributed by atoms with Crippen LogP contribution in [0.2, 0.25) is 5.02 Å². The van der Waals surface area contributed by atoms with Crippen molar-refractivity contribution in [1.29, 1.82) is 0 Å². The molecule has 1 aromatic rings. The van der Waals surface area contributed by atoms with Gasteiger partial charge in [0.2, 0.25) is 0 Å². The Kier molecular flexibility index (Phi) is 4.23. The van der Waals surface area contributed by atoms with E-state index in [4.69, 9.17) is 21.1 Å². The minimum Gasteiger partial charge on any atom is -0.495 e. The summed E-state index contributed by atoms with van der Waals surface area (Å²) >= 11 is 5.86. The number of methoxy groups -OCH3 is 1. The van der Waals surface area contributed by atoms with E-state index in [1.165, 1.54) is 7.11 Å². The molecular formula is C12H13ClF3NO2. The number of hydrogen-bond acceptors (Lipinski definition) is 3. The Morgan fingerprint density at radius 2 is 2.16 bits per heavy atom. The summed E-state index contributed by atoms with van der Waals surface area (Å²) in [5.41, 5.74) is -0.489. The van der Waals surface area contributed by atoms with Crippen molar-refractivity contribution in [2.75, 3.05) is 26.8 Å². The molecule has 1 aromatic carbocycles. The summed E-state index contributed by atoms with van der Waals surface area (Å²) < 4.78 is 48.9. The Labute approximate surface area is 113 Å². The van der Waals surface area contributed by atoms with Gasteiger partial charge in [-0.2, -0.15) is 13.2 Å². The summed E-state index contributed by atoms with van der Waals surface area (Å²) in [4.78, 5) is 0. The predicted octanol–water partition coefficient (Wildman–Crippen LogP) is 3.03. The quantitative estimate of drug-likeness (QED) is 0.910. The fourth-order valence-electron chi connectivity index (χ4n) is 2.00. The molecule has 0 bridgehead atoms. The van der Waals surface area contributed by atoms with Gasteiger partial charge in [-0.15, -0.1) is 0 Å². The van der Waals surface area contributed by atoms with E-state index in [9.17, 15) is 13.2 Å². The second kappa shape index (κ2) is 5.56. The molecule has 1 unspecified atom stereocenters. The van der Waals surface area contributed by atoms with Crippen molar-refractivity contribution in [3.8, 4) is 5.75 Å². The number of ether oxygens (including phenoxy) is 2. The van der Waals surface area contributed by atoms with E-state index in [2.05, 4.69) is 5.32 Å². The molecule has 0 aromatic heterocycles. The number of morpholine rings is 1. The third-order valence-electron chi connectivity index (χ3n) is 2.88. The average molecular weight is 296 g/mol. The van der Waals surface area contributed by atoms with Gasteiger partial charge in [0.15, 0.2) is 0 Å². The molecule has 1 saturated heterocycles. The summed E-state index contributed by atoms with van der Waals surface area (Å²) in [5, 5.41) is 2.99. The van der Waals surface area contributed by atoms with Crippen LogP contribution in [0.4, 0.5) is 13.2 Å². The average Bonchev–Trinajstić information content (AvgIpc) is 2.37. The van der Waals surface area contributed by atoms with Crippen LogP contribution in [0.3, 0.4) is 0 Å². The summed E-state index contributed by atoms with van der Waals surface area (Å²) in [6.07, 6.45) is -4.95. The van der Waals surface area contributed by atoms with Gasteiger partial charge in [0.05, 0.1) is 30.4 Å². The van der Waals surface area contributed by atoms with Crippen LogP contribution >= 0.6 is 11.6 Å². The first-order valence-electron chi connectivity index (χ1n) is 5.70. The molecule has 106 valence electrons.